The Morgan fingerprint density at radius 3 is 2.38 bits per heavy atom. The molecule has 0 radical (unpaired) electrons. The van der Waals surface area contributed by atoms with Crippen molar-refractivity contribution in [1.82, 2.24) is 4.98 Å². The van der Waals surface area contributed by atoms with Crippen molar-refractivity contribution in [1.29, 1.82) is 0 Å². The number of ether oxygens (including phenoxy) is 1. The molecule has 2 heterocycles. The van der Waals surface area contributed by atoms with Gasteiger partial charge in [0.05, 0.1) is 13.5 Å². The molecule has 0 aliphatic carbocycles. The molecule has 1 atom stereocenters. The Bertz CT molecular complexity index is 1900. The molecule has 39 heavy (non-hydrogen) atoms. The summed E-state index contributed by atoms with van der Waals surface area (Å²) >= 11 is 0. The largest absolute Gasteiger partial charge is 0.507 e. The van der Waals surface area contributed by atoms with Gasteiger partial charge in [0.25, 0.3) is 5.56 Å². The summed E-state index contributed by atoms with van der Waals surface area (Å²) in [5, 5.41) is 51.9. The molecule has 0 saturated carbocycles. The number of rotatable bonds is 5. The smallest absolute Gasteiger partial charge is 0.306 e. The molecule has 5 rings (SSSR count). The molecule has 0 aliphatic rings. The summed E-state index contributed by atoms with van der Waals surface area (Å²) in [4.78, 5) is 41.6. The number of hydrogen-bond acceptors (Lipinski definition) is 10. The van der Waals surface area contributed by atoms with E-state index in [2.05, 4.69) is 4.98 Å². The number of phenolic OH excluding ortho intramolecular Hbond substituents is 4. The fourth-order valence-corrected chi connectivity index (χ4v) is 4.58. The Morgan fingerprint density at radius 1 is 0.923 bits per heavy atom. The first-order valence-electron chi connectivity index (χ1n) is 11.6. The minimum Gasteiger partial charge on any atom is -0.507 e. The van der Waals surface area contributed by atoms with Crippen LogP contribution in [0, 0.1) is 0 Å². The van der Waals surface area contributed by atoms with Crippen molar-refractivity contribution < 1.29 is 39.5 Å². The molecule has 3 aromatic carbocycles. The third kappa shape index (κ3) is 4.25. The lowest BCUT2D eigenvalue weighted by atomic mass is 9.86. The van der Waals surface area contributed by atoms with Crippen LogP contribution in [0.3, 0.4) is 0 Å². The van der Waals surface area contributed by atoms with Gasteiger partial charge in [-0.1, -0.05) is 18.2 Å². The number of aromatic hydroxyl groups is 5. The number of benzene rings is 3. The number of pyridine rings is 1. The molecule has 11 nitrogen and oxygen atoms in total. The van der Waals surface area contributed by atoms with Crippen LogP contribution in [0.25, 0.3) is 33.2 Å². The van der Waals surface area contributed by atoms with E-state index in [0.29, 0.717) is 10.9 Å². The van der Waals surface area contributed by atoms with Crippen molar-refractivity contribution in [2.45, 2.75) is 12.3 Å². The molecule has 0 amide bonds. The highest BCUT2D eigenvalue weighted by atomic mass is 16.5. The number of hydrogen-bond donors (Lipinski definition) is 6. The van der Waals surface area contributed by atoms with Crippen LogP contribution >= 0.6 is 0 Å². The van der Waals surface area contributed by atoms with Crippen molar-refractivity contribution in [3.8, 4) is 40.1 Å². The molecule has 0 unspecified atom stereocenters. The van der Waals surface area contributed by atoms with E-state index in [1.54, 1.807) is 24.3 Å². The Hall–Kier alpha value is -5.45. The first kappa shape index (κ1) is 25.2. The van der Waals surface area contributed by atoms with E-state index in [9.17, 15) is 39.9 Å². The Labute approximate surface area is 218 Å². The number of aromatic nitrogens is 1. The molecule has 5 aromatic rings. The van der Waals surface area contributed by atoms with Crippen LogP contribution in [0.4, 0.5) is 0 Å². The summed E-state index contributed by atoms with van der Waals surface area (Å²) in [5.41, 5.74) is -1.76. The van der Waals surface area contributed by atoms with E-state index in [-0.39, 0.29) is 16.7 Å². The zero-order valence-electron chi connectivity index (χ0n) is 20.3. The van der Waals surface area contributed by atoms with E-state index >= 15 is 0 Å². The molecule has 0 fully saturated rings. The maximum Gasteiger partial charge on any atom is 0.306 e. The van der Waals surface area contributed by atoms with Crippen LogP contribution in [0.5, 0.6) is 28.7 Å². The fourth-order valence-electron chi connectivity index (χ4n) is 4.58. The average molecular weight is 531 g/mol. The molecule has 6 N–H and O–H groups in total. The molecular formula is C28H21NO10. The predicted octanol–water partition coefficient (Wildman–Crippen LogP) is 3.52. The highest BCUT2D eigenvalue weighted by molar-refractivity contribution is 5.92. The highest BCUT2D eigenvalue weighted by Gasteiger charge is 2.31. The van der Waals surface area contributed by atoms with Gasteiger partial charge in [-0.3, -0.25) is 14.4 Å². The van der Waals surface area contributed by atoms with E-state index < -0.39 is 74.8 Å². The number of H-pyrrole nitrogens is 1. The van der Waals surface area contributed by atoms with Crippen LogP contribution in [0.15, 0.2) is 68.6 Å². The number of carbonyl (C=O) groups excluding carboxylic acids is 1. The van der Waals surface area contributed by atoms with E-state index in [0.717, 1.165) is 25.3 Å². The first-order valence-corrected chi connectivity index (χ1v) is 11.6. The number of para-hydroxylation sites is 1. The van der Waals surface area contributed by atoms with Gasteiger partial charge in [0.2, 0.25) is 11.2 Å². The van der Waals surface area contributed by atoms with Crippen molar-refractivity contribution in [2.75, 3.05) is 7.11 Å². The van der Waals surface area contributed by atoms with Gasteiger partial charge in [-0.15, -0.1) is 0 Å². The van der Waals surface area contributed by atoms with Gasteiger partial charge >= 0.3 is 5.97 Å². The van der Waals surface area contributed by atoms with Crippen LogP contribution in [0.2, 0.25) is 0 Å². The molecule has 11 heteroatoms. The topological polar surface area (TPSA) is 191 Å². The number of aromatic amines is 1. The minimum absolute atomic E-state index is 0.0244. The van der Waals surface area contributed by atoms with Crippen molar-refractivity contribution in [3.63, 3.8) is 0 Å². The number of esters is 1. The monoisotopic (exact) mass is 531 g/mol. The third-order valence-corrected chi connectivity index (χ3v) is 6.48. The van der Waals surface area contributed by atoms with Gasteiger partial charge in [0.15, 0.2) is 17.3 Å². The lowest BCUT2D eigenvalue weighted by Gasteiger charge is -2.20. The molecule has 0 spiro atoms. The van der Waals surface area contributed by atoms with Gasteiger partial charge < -0.3 is 39.7 Å². The lowest BCUT2D eigenvalue weighted by molar-refractivity contribution is -0.140. The summed E-state index contributed by atoms with van der Waals surface area (Å²) in [5.74, 6) is -5.73. The van der Waals surface area contributed by atoms with Crippen molar-refractivity contribution in [3.05, 3.63) is 86.3 Å². The van der Waals surface area contributed by atoms with Crippen LogP contribution in [-0.4, -0.2) is 43.6 Å². The zero-order valence-corrected chi connectivity index (χ0v) is 20.3. The van der Waals surface area contributed by atoms with Gasteiger partial charge in [0.1, 0.15) is 22.5 Å². The lowest BCUT2D eigenvalue weighted by Crippen LogP contribution is -2.20. The molecule has 2 aromatic heterocycles. The van der Waals surface area contributed by atoms with Gasteiger partial charge in [-0.2, -0.15) is 0 Å². The van der Waals surface area contributed by atoms with Crippen LogP contribution in [-0.2, 0) is 9.53 Å². The molecule has 198 valence electrons. The van der Waals surface area contributed by atoms with Crippen LogP contribution in [0.1, 0.15) is 23.5 Å². The quantitative estimate of drug-likeness (QED) is 0.144. The van der Waals surface area contributed by atoms with Crippen molar-refractivity contribution >= 4 is 27.8 Å². The molecule has 0 bridgehead atoms. The van der Waals surface area contributed by atoms with Gasteiger partial charge in [-0.25, -0.2) is 0 Å². The maximum atomic E-state index is 13.2. The summed E-state index contributed by atoms with van der Waals surface area (Å²) in [6.07, 6.45) is -0.467. The number of phenols is 4. The SMILES string of the molecule is COC(=O)C[C@@H](c1cc2ccccc2[nH]c1=O)c1c(O)cc(O)c2c(=O)c(O)c(-c3ccc(O)c(O)c3)oc12. The number of methoxy groups -OCH3 is 1. The molecule has 0 aliphatic heterocycles. The third-order valence-electron chi connectivity index (χ3n) is 6.48. The number of nitrogens with one attached hydrogen (secondary N) is 1. The summed E-state index contributed by atoms with van der Waals surface area (Å²) in [6, 6.07) is 12.6. The summed E-state index contributed by atoms with van der Waals surface area (Å²) in [7, 11) is 1.15. The Kier molecular flexibility index (Phi) is 6.11. The number of fused-ring (bicyclic) bond motifs is 2. The summed E-state index contributed by atoms with van der Waals surface area (Å²) < 4.78 is 10.7. The van der Waals surface area contributed by atoms with Crippen molar-refractivity contribution in [2.24, 2.45) is 0 Å². The fraction of sp³-hybridized carbons (Fsp3) is 0.107. The second-order valence-electron chi connectivity index (χ2n) is 8.82. The van der Waals surface area contributed by atoms with Gasteiger partial charge in [0, 0.05) is 34.2 Å². The Balaban J connectivity index is 1.88. The standard InChI is InChI=1S/C28H21NO10/c1-38-21(34)10-14(15-8-12-4-2-3-5-16(12)29-28(15)37)22-19(32)11-20(33)23-24(35)25(36)26(39-27(22)23)13-6-7-17(30)18(31)9-13/h2-9,11,14,30-33,36H,10H2,1H3,(H,29,37)/t14-/m0/s1. The minimum atomic E-state index is -1.23. The predicted molar refractivity (Wildman–Crippen MR) is 139 cm³/mol. The van der Waals surface area contributed by atoms with Crippen LogP contribution < -0.4 is 11.0 Å². The second kappa shape index (κ2) is 9.45. The van der Waals surface area contributed by atoms with E-state index in [1.807, 2.05) is 0 Å². The van der Waals surface area contributed by atoms with E-state index in [1.165, 1.54) is 12.1 Å². The van der Waals surface area contributed by atoms with Gasteiger partial charge in [-0.05, 0) is 35.7 Å². The Morgan fingerprint density at radius 2 is 1.67 bits per heavy atom. The zero-order chi connectivity index (χ0) is 28.0. The average Bonchev–Trinajstić information content (AvgIpc) is 2.90. The molecule has 0 saturated heterocycles. The molecular weight excluding hydrogens is 510 g/mol. The maximum absolute atomic E-state index is 13.2. The second-order valence-corrected chi connectivity index (χ2v) is 8.82. The van der Waals surface area contributed by atoms with E-state index in [4.69, 9.17) is 9.15 Å². The summed E-state index contributed by atoms with van der Waals surface area (Å²) in [6.45, 7) is 0. The highest BCUT2D eigenvalue weighted by Crippen LogP contribution is 2.44. The number of carbonyl (C=O) groups is 1. The normalized spacial score (nSPS) is 12.0. The first-order chi connectivity index (χ1) is 18.6.